The zero-order valence-corrected chi connectivity index (χ0v) is 33.3. The highest BCUT2D eigenvalue weighted by molar-refractivity contribution is 6.13. The van der Waals surface area contributed by atoms with E-state index in [9.17, 15) is 19.2 Å². The van der Waals surface area contributed by atoms with Crippen LogP contribution in [0, 0.1) is 20.8 Å². The fourth-order valence-electron chi connectivity index (χ4n) is 8.19. The number of hydrogen-bond acceptors (Lipinski definition) is 12. The minimum absolute atomic E-state index is 0.000275. The number of anilines is 3. The monoisotopic (exact) mass is 799 g/mol. The first-order valence-corrected chi connectivity index (χ1v) is 20.1. The highest BCUT2D eigenvalue weighted by Gasteiger charge is 2.40. The smallest absolute Gasteiger partial charge is 0.289 e. The third-order valence-electron chi connectivity index (χ3n) is 11.3. The van der Waals surface area contributed by atoms with Gasteiger partial charge in [-0.25, -0.2) is 14.6 Å². The number of H-pyrrole nitrogens is 1. The second-order valence-electron chi connectivity index (χ2n) is 15.4. The zero-order chi connectivity index (χ0) is 40.9. The van der Waals surface area contributed by atoms with E-state index in [1.165, 1.54) is 4.90 Å². The van der Waals surface area contributed by atoms with Crippen LogP contribution in [0.2, 0.25) is 0 Å². The van der Waals surface area contributed by atoms with Crippen molar-refractivity contribution in [1.29, 1.82) is 0 Å². The predicted octanol–water partition coefficient (Wildman–Crippen LogP) is 5.15. The number of amides is 4. The molecular weight excluding hydrogens is 755 g/mol. The Balaban J connectivity index is 0.876. The van der Waals surface area contributed by atoms with Crippen molar-refractivity contribution in [2.75, 3.05) is 36.9 Å². The standard InChI is InChI=1S/C42H45N11O6/c1-5-53-33(19-30(50-53)24-9-10-24)46-38-36-27-17-21(2)26(35-22(3)51-59-23(35)4)18-31(27)45-37(36)48-39(49-38)41(56)44-14-16-58-15-13-43-29-8-6-7-25-28(29)20-52(42(25)57)32-11-12-34(54)47-40(32)55/h6-8,17-19,24,32,43H,5,9-16,20H2,1-4H3,(H,44,56)(H,47,54,55)(H2,45,46,48,49). The summed E-state index contributed by atoms with van der Waals surface area (Å²) in [5.74, 6) is 1.04. The molecular formula is C42H45N11O6. The van der Waals surface area contributed by atoms with Gasteiger partial charge in [0.2, 0.25) is 17.6 Å². The predicted molar refractivity (Wildman–Crippen MR) is 218 cm³/mol. The quantitative estimate of drug-likeness (QED) is 0.0715. The van der Waals surface area contributed by atoms with Crippen molar-refractivity contribution < 1.29 is 28.4 Å². The average molecular weight is 800 g/mol. The largest absolute Gasteiger partial charge is 0.382 e. The number of fused-ring (bicyclic) bond motifs is 4. The fourth-order valence-corrected chi connectivity index (χ4v) is 8.19. The molecule has 17 nitrogen and oxygen atoms in total. The SMILES string of the molecule is CCn1nc(C2CC2)cc1Nc1nc(C(=O)NCCOCCNc2cccc3c2CN(C2CCC(=O)NC2=O)C3=O)nc2[nH]c3cc(-c4c(C)noc4C)c(C)cc3c12. The van der Waals surface area contributed by atoms with E-state index in [-0.39, 0.29) is 43.8 Å². The van der Waals surface area contributed by atoms with Gasteiger partial charge in [-0.1, -0.05) is 11.2 Å². The van der Waals surface area contributed by atoms with E-state index in [0.29, 0.717) is 49.1 Å². The molecule has 0 radical (unpaired) electrons. The molecule has 1 saturated heterocycles. The van der Waals surface area contributed by atoms with Crippen molar-refractivity contribution in [2.45, 2.75) is 78.4 Å². The highest BCUT2D eigenvalue weighted by Crippen LogP contribution is 2.41. The summed E-state index contributed by atoms with van der Waals surface area (Å²) in [4.78, 5) is 65.4. The van der Waals surface area contributed by atoms with E-state index >= 15 is 0 Å². The van der Waals surface area contributed by atoms with Crippen LogP contribution in [-0.2, 0) is 27.4 Å². The molecule has 9 rings (SSSR count). The third-order valence-corrected chi connectivity index (χ3v) is 11.3. The summed E-state index contributed by atoms with van der Waals surface area (Å²) in [7, 11) is 0. The third kappa shape index (κ3) is 7.15. The average Bonchev–Trinajstić information content (AvgIpc) is 3.60. The van der Waals surface area contributed by atoms with Crippen LogP contribution in [0.15, 0.2) is 40.9 Å². The lowest BCUT2D eigenvalue weighted by atomic mass is 9.97. The number of aromatic nitrogens is 6. The maximum atomic E-state index is 13.6. The van der Waals surface area contributed by atoms with Crippen LogP contribution in [0.3, 0.4) is 0 Å². The lowest BCUT2D eigenvalue weighted by molar-refractivity contribution is -0.136. The molecule has 5 N–H and O–H groups in total. The topological polar surface area (TPSA) is 214 Å². The number of benzene rings is 2. The molecule has 4 aromatic heterocycles. The Labute approximate surface area is 338 Å². The Bertz CT molecular complexity index is 2650. The number of carbonyl (C=O) groups excluding carboxylic acids is 4. The number of hydrogen-bond donors (Lipinski definition) is 5. The van der Waals surface area contributed by atoms with Gasteiger partial charge in [-0.15, -0.1) is 0 Å². The van der Waals surface area contributed by atoms with E-state index < -0.39 is 17.9 Å². The number of imide groups is 1. The maximum Gasteiger partial charge on any atom is 0.289 e. The normalized spacial score (nSPS) is 16.6. The van der Waals surface area contributed by atoms with Gasteiger partial charge in [0.1, 0.15) is 29.1 Å². The van der Waals surface area contributed by atoms with Crippen LogP contribution in [0.1, 0.15) is 87.8 Å². The van der Waals surface area contributed by atoms with Crippen LogP contribution >= 0.6 is 0 Å². The van der Waals surface area contributed by atoms with Crippen LogP contribution in [-0.4, -0.2) is 90.8 Å². The number of nitrogens with zero attached hydrogens (tertiary/aromatic N) is 6. The summed E-state index contributed by atoms with van der Waals surface area (Å²) in [6, 6.07) is 11.0. The van der Waals surface area contributed by atoms with Gasteiger partial charge in [0, 0.05) is 77.9 Å². The number of ether oxygens (including phenoxy) is 1. The van der Waals surface area contributed by atoms with Crippen LogP contribution in [0.4, 0.5) is 17.3 Å². The van der Waals surface area contributed by atoms with E-state index in [4.69, 9.17) is 24.3 Å². The fraction of sp³-hybridized carbons (Fsp3) is 0.381. The highest BCUT2D eigenvalue weighted by atomic mass is 16.5. The molecule has 6 heterocycles. The molecule has 6 aromatic rings. The Kier molecular flexibility index (Phi) is 9.82. The molecule has 59 heavy (non-hydrogen) atoms. The second-order valence-corrected chi connectivity index (χ2v) is 15.4. The van der Waals surface area contributed by atoms with Crippen LogP contribution in [0.25, 0.3) is 33.1 Å². The van der Waals surface area contributed by atoms with Gasteiger partial charge in [-0.2, -0.15) is 5.10 Å². The van der Waals surface area contributed by atoms with Crippen molar-refractivity contribution in [3.63, 3.8) is 0 Å². The first-order valence-electron chi connectivity index (χ1n) is 20.1. The number of rotatable bonds is 14. The Morgan fingerprint density at radius 1 is 1.02 bits per heavy atom. The Hall–Kier alpha value is -6.62. The van der Waals surface area contributed by atoms with Crippen LogP contribution < -0.4 is 21.3 Å². The number of piperidine rings is 1. The molecule has 0 bridgehead atoms. The first kappa shape index (κ1) is 37.9. The maximum absolute atomic E-state index is 13.6. The summed E-state index contributed by atoms with van der Waals surface area (Å²) in [5, 5.41) is 22.7. The van der Waals surface area contributed by atoms with Crippen molar-refractivity contribution in [3.05, 3.63) is 76.1 Å². The van der Waals surface area contributed by atoms with Crippen molar-refractivity contribution in [2.24, 2.45) is 0 Å². The molecule has 3 aliphatic rings. The Morgan fingerprint density at radius 2 is 1.85 bits per heavy atom. The Morgan fingerprint density at radius 3 is 2.61 bits per heavy atom. The van der Waals surface area contributed by atoms with E-state index in [1.54, 1.807) is 12.1 Å². The van der Waals surface area contributed by atoms with Gasteiger partial charge in [0.25, 0.3) is 11.8 Å². The van der Waals surface area contributed by atoms with Gasteiger partial charge in [0.05, 0.1) is 30.0 Å². The van der Waals surface area contributed by atoms with Crippen molar-refractivity contribution in [1.82, 2.24) is 45.4 Å². The van der Waals surface area contributed by atoms with E-state index in [0.717, 1.165) is 80.0 Å². The van der Waals surface area contributed by atoms with Crippen LogP contribution in [0.5, 0.6) is 0 Å². The molecule has 1 unspecified atom stereocenters. The molecule has 2 fully saturated rings. The number of aryl methyl sites for hydroxylation is 4. The molecule has 2 aromatic carbocycles. The summed E-state index contributed by atoms with van der Waals surface area (Å²) in [6.07, 6.45) is 2.75. The summed E-state index contributed by atoms with van der Waals surface area (Å²) in [6.45, 7) is 10.1. The minimum atomic E-state index is -0.681. The second kappa shape index (κ2) is 15.3. The van der Waals surface area contributed by atoms with Gasteiger partial charge < -0.3 is 35.1 Å². The lowest BCUT2D eigenvalue weighted by Gasteiger charge is -2.29. The van der Waals surface area contributed by atoms with Gasteiger partial charge in [-0.05, 0) is 82.3 Å². The minimum Gasteiger partial charge on any atom is -0.382 e. The summed E-state index contributed by atoms with van der Waals surface area (Å²) >= 11 is 0. The molecule has 4 amide bonds. The first-order chi connectivity index (χ1) is 28.6. The number of nitrogens with one attached hydrogen (secondary N) is 5. The molecule has 2 aliphatic heterocycles. The van der Waals surface area contributed by atoms with Crippen molar-refractivity contribution >= 4 is 62.9 Å². The lowest BCUT2D eigenvalue weighted by Crippen LogP contribution is -2.52. The number of aromatic amines is 1. The summed E-state index contributed by atoms with van der Waals surface area (Å²) in [5.41, 5.74) is 8.28. The van der Waals surface area contributed by atoms with Gasteiger partial charge >= 0.3 is 0 Å². The molecule has 304 valence electrons. The molecule has 1 aliphatic carbocycles. The molecule has 1 atom stereocenters. The van der Waals surface area contributed by atoms with E-state index in [2.05, 4.69) is 56.5 Å². The molecule has 17 heteroatoms. The molecule has 1 saturated carbocycles. The number of carbonyl (C=O) groups is 4. The van der Waals surface area contributed by atoms with Gasteiger partial charge in [0.15, 0.2) is 0 Å². The van der Waals surface area contributed by atoms with Gasteiger partial charge in [-0.3, -0.25) is 24.5 Å². The summed E-state index contributed by atoms with van der Waals surface area (Å²) < 4.78 is 13.2. The zero-order valence-electron chi connectivity index (χ0n) is 33.3. The van der Waals surface area contributed by atoms with E-state index in [1.807, 2.05) is 31.5 Å². The van der Waals surface area contributed by atoms with Crippen molar-refractivity contribution in [3.8, 4) is 11.1 Å². The molecule has 0 spiro atoms.